The molecule has 5 nitrogen and oxygen atoms in total. The van der Waals surface area contributed by atoms with Gasteiger partial charge in [-0.25, -0.2) is 0 Å². The van der Waals surface area contributed by atoms with Crippen molar-refractivity contribution in [3.63, 3.8) is 0 Å². The SMILES string of the molecule is CC1=C(C#N)C(C=NOCc2ccc(Cl)cc2)CC(=O)N1. The van der Waals surface area contributed by atoms with E-state index in [-0.39, 0.29) is 18.2 Å². The van der Waals surface area contributed by atoms with Crippen LogP contribution < -0.4 is 5.32 Å². The first-order valence-corrected chi connectivity index (χ1v) is 6.78. The van der Waals surface area contributed by atoms with E-state index in [0.29, 0.717) is 22.9 Å². The predicted octanol–water partition coefficient (Wildman–Crippen LogP) is 2.78. The van der Waals surface area contributed by atoms with Crippen LogP contribution in [-0.4, -0.2) is 12.1 Å². The third kappa shape index (κ3) is 4.07. The highest BCUT2D eigenvalue weighted by Crippen LogP contribution is 2.20. The maximum atomic E-state index is 11.5. The van der Waals surface area contributed by atoms with Gasteiger partial charge in [0.2, 0.25) is 5.91 Å². The number of rotatable bonds is 4. The molecule has 1 aliphatic rings. The monoisotopic (exact) mass is 303 g/mol. The number of nitrogens with zero attached hydrogens (tertiary/aromatic N) is 2. The molecular formula is C15H14ClN3O2. The van der Waals surface area contributed by atoms with Crippen LogP contribution in [0, 0.1) is 17.2 Å². The number of nitrogens with one attached hydrogen (secondary N) is 1. The van der Waals surface area contributed by atoms with E-state index in [2.05, 4.69) is 16.5 Å². The molecular weight excluding hydrogens is 290 g/mol. The van der Waals surface area contributed by atoms with Crippen LogP contribution in [0.4, 0.5) is 0 Å². The van der Waals surface area contributed by atoms with Crippen molar-refractivity contribution >= 4 is 23.7 Å². The minimum atomic E-state index is -0.339. The number of nitriles is 1. The number of halogens is 1. The summed E-state index contributed by atoms with van der Waals surface area (Å²) in [5.74, 6) is -0.463. The summed E-state index contributed by atoms with van der Waals surface area (Å²) >= 11 is 5.79. The molecule has 21 heavy (non-hydrogen) atoms. The Hall–Kier alpha value is -2.32. The van der Waals surface area contributed by atoms with Crippen molar-refractivity contribution in [3.8, 4) is 6.07 Å². The Kier molecular flexibility index (Phi) is 4.96. The van der Waals surface area contributed by atoms with Crippen molar-refractivity contribution in [1.29, 1.82) is 5.26 Å². The van der Waals surface area contributed by atoms with Gasteiger partial charge >= 0.3 is 0 Å². The molecule has 0 saturated carbocycles. The van der Waals surface area contributed by atoms with Crippen molar-refractivity contribution < 1.29 is 9.63 Å². The smallest absolute Gasteiger partial charge is 0.225 e. The molecule has 1 aromatic rings. The Morgan fingerprint density at radius 2 is 2.24 bits per heavy atom. The third-order valence-electron chi connectivity index (χ3n) is 3.09. The van der Waals surface area contributed by atoms with Crippen molar-refractivity contribution in [1.82, 2.24) is 5.32 Å². The number of carbonyl (C=O) groups is 1. The highest BCUT2D eigenvalue weighted by Gasteiger charge is 2.24. The molecule has 1 unspecified atom stereocenters. The van der Waals surface area contributed by atoms with Gasteiger partial charge in [-0.1, -0.05) is 28.9 Å². The fraction of sp³-hybridized carbons (Fsp3) is 0.267. The fourth-order valence-corrected chi connectivity index (χ4v) is 2.14. The fourth-order valence-electron chi connectivity index (χ4n) is 2.01. The van der Waals surface area contributed by atoms with E-state index in [1.165, 1.54) is 6.21 Å². The van der Waals surface area contributed by atoms with Crippen LogP contribution in [0.1, 0.15) is 18.9 Å². The first kappa shape index (κ1) is 15.1. The summed E-state index contributed by atoms with van der Waals surface area (Å²) in [5, 5.41) is 16.3. The van der Waals surface area contributed by atoms with Gasteiger partial charge in [0.05, 0.1) is 17.9 Å². The highest BCUT2D eigenvalue weighted by molar-refractivity contribution is 6.30. The quantitative estimate of drug-likeness (QED) is 0.686. The van der Waals surface area contributed by atoms with E-state index in [4.69, 9.17) is 21.7 Å². The Balaban J connectivity index is 1.94. The lowest BCUT2D eigenvalue weighted by Crippen LogP contribution is -2.32. The van der Waals surface area contributed by atoms with E-state index >= 15 is 0 Å². The number of benzene rings is 1. The molecule has 1 atom stereocenters. The number of carbonyl (C=O) groups excluding carboxylic acids is 1. The molecule has 1 N–H and O–H groups in total. The average Bonchev–Trinajstić information content (AvgIpc) is 2.45. The van der Waals surface area contributed by atoms with Crippen molar-refractivity contribution in [2.45, 2.75) is 20.0 Å². The maximum absolute atomic E-state index is 11.5. The van der Waals surface area contributed by atoms with E-state index in [1.807, 2.05) is 12.1 Å². The molecule has 2 rings (SSSR count). The molecule has 1 aromatic carbocycles. The van der Waals surface area contributed by atoms with E-state index in [1.54, 1.807) is 19.1 Å². The van der Waals surface area contributed by atoms with Crippen LogP contribution in [0.3, 0.4) is 0 Å². The summed E-state index contributed by atoms with van der Waals surface area (Å²) in [6, 6.07) is 9.33. The van der Waals surface area contributed by atoms with Crippen LogP contribution >= 0.6 is 11.6 Å². The molecule has 1 heterocycles. The minimum Gasteiger partial charge on any atom is -0.391 e. The second-order valence-corrected chi connectivity index (χ2v) is 5.10. The van der Waals surface area contributed by atoms with E-state index in [9.17, 15) is 4.79 Å². The summed E-state index contributed by atoms with van der Waals surface area (Å²) in [5.41, 5.74) is 2.02. The molecule has 0 radical (unpaired) electrons. The molecule has 0 spiro atoms. The lowest BCUT2D eigenvalue weighted by molar-refractivity contribution is -0.121. The number of hydrogen-bond donors (Lipinski definition) is 1. The zero-order valence-electron chi connectivity index (χ0n) is 11.5. The molecule has 1 aliphatic heterocycles. The van der Waals surface area contributed by atoms with Gasteiger partial charge < -0.3 is 10.2 Å². The summed E-state index contributed by atoms with van der Waals surface area (Å²) in [6.07, 6.45) is 1.70. The molecule has 1 amide bonds. The van der Waals surface area contributed by atoms with Gasteiger partial charge in [0.25, 0.3) is 0 Å². The van der Waals surface area contributed by atoms with Crippen molar-refractivity contribution in [2.24, 2.45) is 11.1 Å². The zero-order valence-corrected chi connectivity index (χ0v) is 12.2. The van der Waals surface area contributed by atoms with Crippen LogP contribution in [0.15, 0.2) is 40.7 Å². The molecule has 0 aromatic heterocycles. The van der Waals surface area contributed by atoms with Gasteiger partial charge in [0.1, 0.15) is 6.61 Å². The Bertz CT molecular complexity index is 629. The second-order valence-electron chi connectivity index (χ2n) is 4.66. The van der Waals surface area contributed by atoms with Crippen molar-refractivity contribution in [2.75, 3.05) is 0 Å². The molecule has 108 valence electrons. The summed E-state index contributed by atoms with van der Waals surface area (Å²) in [7, 11) is 0. The number of allylic oxidation sites excluding steroid dienone is 2. The van der Waals surface area contributed by atoms with Crippen LogP contribution in [-0.2, 0) is 16.2 Å². The topological polar surface area (TPSA) is 74.5 Å². The zero-order chi connectivity index (χ0) is 15.2. The van der Waals surface area contributed by atoms with Gasteiger partial charge in [0.15, 0.2) is 0 Å². The van der Waals surface area contributed by atoms with Crippen LogP contribution in [0.25, 0.3) is 0 Å². The lowest BCUT2D eigenvalue weighted by atomic mass is 9.93. The van der Waals surface area contributed by atoms with E-state index < -0.39 is 0 Å². The largest absolute Gasteiger partial charge is 0.391 e. The maximum Gasteiger partial charge on any atom is 0.225 e. The predicted molar refractivity (Wildman–Crippen MR) is 79.3 cm³/mol. The van der Waals surface area contributed by atoms with Crippen LogP contribution in [0.5, 0.6) is 0 Å². The highest BCUT2D eigenvalue weighted by atomic mass is 35.5. The Morgan fingerprint density at radius 3 is 2.90 bits per heavy atom. The summed E-state index contributed by atoms with van der Waals surface area (Å²) in [4.78, 5) is 16.7. The van der Waals surface area contributed by atoms with Gasteiger partial charge in [-0.2, -0.15) is 5.26 Å². The first-order chi connectivity index (χ1) is 10.1. The molecule has 0 saturated heterocycles. The summed E-state index contributed by atoms with van der Waals surface area (Å²) < 4.78 is 0. The number of oxime groups is 1. The second kappa shape index (κ2) is 6.91. The number of amides is 1. The molecule has 0 bridgehead atoms. The molecule has 6 heteroatoms. The normalized spacial score (nSPS) is 18.5. The first-order valence-electron chi connectivity index (χ1n) is 6.40. The van der Waals surface area contributed by atoms with Crippen molar-refractivity contribution in [3.05, 3.63) is 46.1 Å². The van der Waals surface area contributed by atoms with Crippen LogP contribution in [0.2, 0.25) is 5.02 Å². The molecule has 0 aliphatic carbocycles. The number of hydrogen-bond acceptors (Lipinski definition) is 4. The van der Waals surface area contributed by atoms with Gasteiger partial charge in [0, 0.05) is 23.1 Å². The van der Waals surface area contributed by atoms with E-state index in [0.717, 1.165) is 5.56 Å². The Morgan fingerprint density at radius 1 is 1.52 bits per heavy atom. The third-order valence-corrected chi connectivity index (χ3v) is 3.34. The summed E-state index contributed by atoms with van der Waals surface area (Å²) in [6.45, 7) is 2.00. The lowest BCUT2D eigenvalue weighted by Gasteiger charge is -2.19. The molecule has 0 fully saturated rings. The minimum absolute atomic E-state index is 0.124. The Labute approximate surface area is 127 Å². The van der Waals surface area contributed by atoms with Gasteiger partial charge in [-0.05, 0) is 24.6 Å². The van der Waals surface area contributed by atoms with Gasteiger partial charge in [-0.15, -0.1) is 0 Å². The standard InChI is InChI=1S/C15H14ClN3O2/c1-10-14(7-17)12(6-15(20)19-10)8-18-21-9-11-2-4-13(16)5-3-11/h2-5,8,12H,6,9H2,1H3,(H,19,20). The average molecular weight is 304 g/mol. The van der Waals surface area contributed by atoms with Gasteiger partial charge in [-0.3, -0.25) is 4.79 Å².